The molecule has 5 heteroatoms. The molecule has 0 aromatic carbocycles. The van der Waals surface area contributed by atoms with Gasteiger partial charge in [-0.15, -0.1) is 0 Å². The van der Waals surface area contributed by atoms with Crippen molar-refractivity contribution >= 4 is 12.8 Å². The first-order valence-electron chi connectivity index (χ1n) is 3.58. The van der Waals surface area contributed by atoms with Crippen LogP contribution in [-0.4, -0.2) is 8.54 Å². The highest BCUT2D eigenvalue weighted by Gasteiger charge is 2.04. The van der Waals surface area contributed by atoms with Crippen molar-refractivity contribution in [2.24, 2.45) is 7.05 Å². The first-order chi connectivity index (χ1) is 5.57. The molecule has 0 aliphatic heterocycles. The molecular formula is C7H10N2O2S. The van der Waals surface area contributed by atoms with Gasteiger partial charge in [-0.05, 0) is 6.42 Å². The van der Waals surface area contributed by atoms with Crippen LogP contribution in [0.25, 0.3) is 0 Å². The van der Waals surface area contributed by atoms with Crippen molar-refractivity contribution in [3.8, 4) is 0 Å². The van der Waals surface area contributed by atoms with Crippen molar-refractivity contribution in [2.75, 3.05) is 0 Å². The molecule has 0 saturated carbocycles. The predicted octanol–water partition coefficient (Wildman–Crippen LogP) is -0.198. The van der Waals surface area contributed by atoms with E-state index < -0.39 is 5.69 Å². The van der Waals surface area contributed by atoms with Gasteiger partial charge in [0.05, 0.1) is 0 Å². The summed E-state index contributed by atoms with van der Waals surface area (Å²) in [5.74, 6) is 0. The van der Waals surface area contributed by atoms with Crippen LogP contribution in [0.5, 0.6) is 0 Å². The van der Waals surface area contributed by atoms with Crippen LogP contribution in [0.4, 0.5) is 0 Å². The summed E-state index contributed by atoms with van der Waals surface area (Å²) in [6.45, 7) is 1.86. The molecule has 0 atom stereocenters. The number of aryl methyl sites for hydroxylation is 2. The van der Waals surface area contributed by atoms with Crippen LogP contribution in [0.15, 0.2) is 15.8 Å². The van der Waals surface area contributed by atoms with Gasteiger partial charge in [-0.2, -0.15) is 0 Å². The van der Waals surface area contributed by atoms with E-state index in [4.69, 9.17) is 0 Å². The maximum absolute atomic E-state index is 11.2. The third-order valence-corrected chi connectivity index (χ3v) is 2.03. The molecule has 0 amide bonds. The Morgan fingerprint density at radius 1 is 1.50 bits per heavy atom. The Balaban J connectivity index is 3.61. The molecule has 4 nitrogen and oxygen atoms in total. The Bertz CT molecular complexity index is 405. The van der Waals surface area contributed by atoms with Gasteiger partial charge in [0.25, 0.3) is 5.56 Å². The largest absolute Gasteiger partial charge is 0.340 e. The average Bonchev–Trinajstić information content (AvgIpc) is 2.08. The van der Waals surface area contributed by atoms with E-state index in [1.54, 1.807) is 7.05 Å². The molecule has 1 aromatic rings. The van der Waals surface area contributed by atoms with Crippen LogP contribution in [0.2, 0.25) is 0 Å². The lowest BCUT2D eigenvalue weighted by Crippen LogP contribution is -2.35. The summed E-state index contributed by atoms with van der Waals surface area (Å²) in [6, 6.07) is 0. The Kier molecular flexibility index (Phi) is 2.42. The van der Waals surface area contributed by atoms with Gasteiger partial charge in [-0.25, -0.2) is 8.77 Å². The van der Waals surface area contributed by atoms with Crippen molar-refractivity contribution in [3.63, 3.8) is 0 Å². The zero-order valence-electron chi connectivity index (χ0n) is 6.94. The third kappa shape index (κ3) is 1.32. The van der Waals surface area contributed by atoms with Crippen molar-refractivity contribution in [2.45, 2.75) is 13.3 Å². The lowest BCUT2D eigenvalue weighted by Gasteiger charge is -2.02. The molecule has 0 spiro atoms. The fourth-order valence-electron chi connectivity index (χ4n) is 0.959. The van der Waals surface area contributed by atoms with Gasteiger partial charge in [0, 0.05) is 18.8 Å². The Hall–Kier alpha value is -0.970. The predicted molar refractivity (Wildman–Crippen MR) is 49.7 cm³/mol. The zero-order chi connectivity index (χ0) is 9.30. The maximum atomic E-state index is 11.2. The molecule has 0 aliphatic carbocycles. The maximum Gasteiger partial charge on any atom is 0.340 e. The number of nitrogens with zero attached hydrogens (tertiary/aromatic N) is 2. The number of hydrogen-bond donors (Lipinski definition) is 1. The smallest absolute Gasteiger partial charge is 0.302 e. The molecule has 12 heavy (non-hydrogen) atoms. The Labute approximate surface area is 75.0 Å². The second kappa shape index (κ2) is 3.18. The molecule has 1 aromatic heterocycles. The first-order valence-corrected chi connectivity index (χ1v) is 3.98. The van der Waals surface area contributed by atoms with Gasteiger partial charge in [-0.3, -0.25) is 4.79 Å². The minimum Gasteiger partial charge on any atom is -0.302 e. The van der Waals surface area contributed by atoms with Gasteiger partial charge >= 0.3 is 5.69 Å². The summed E-state index contributed by atoms with van der Waals surface area (Å²) < 4.78 is 2.16. The molecule has 0 radical (unpaired) electrons. The van der Waals surface area contributed by atoms with Crippen LogP contribution in [0.1, 0.15) is 12.5 Å². The number of hydrogen-bond acceptors (Lipinski definition) is 3. The summed E-state index contributed by atoms with van der Waals surface area (Å²) in [4.78, 5) is 22.4. The van der Waals surface area contributed by atoms with E-state index in [2.05, 4.69) is 12.8 Å². The van der Waals surface area contributed by atoms with E-state index in [0.29, 0.717) is 12.0 Å². The topological polar surface area (TPSA) is 44.0 Å². The zero-order valence-corrected chi connectivity index (χ0v) is 7.84. The minimum absolute atomic E-state index is 0.330. The van der Waals surface area contributed by atoms with E-state index in [9.17, 15) is 9.59 Å². The van der Waals surface area contributed by atoms with E-state index in [-0.39, 0.29) is 5.56 Å². The summed E-state index contributed by atoms with van der Waals surface area (Å²) in [5.41, 5.74) is -0.156. The van der Waals surface area contributed by atoms with E-state index >= 15 is 0 Å². The van der Waals surface area contributed by atoms with Crippen LogP contribution >= 0.6 is 12.8 Å². The van der Waals surface area contributed by atoms with E-state index in [0.717, 1.165) is 3.97 Å². The number of aromatic nitrogens is 2. The van der Waals surface area contributed by atoms with Crippen molar-refractivity contribution in [1.29, 1.82) is 0 Å². The molecule has 0 N–H and O–H groups in total. The number of thiol groups is 1. The van der Waals surface area contributed by atoms with Crippen LogP contribution in [0.3, 0.4) is 0 Å². The summed E-state index contributed by atoms with van der Waals surface area (Å²) >= 11 is 3.78. The fraction of sp³-hybridized carbons (Fsp3) is 0.429. The standard InChI is InChI=1S/C7H10N2O2S/c1-3-5-4-8(2)7(11)9(12)6(5)10/h4,12H,3H2,1-2H3. The third-order valence-electron chi connectivity index (χ3n) is 1.68. The molecule has 0 saturated heterocycles. The SMILES string of the molecule is CCc1cn(C)c(=O)n(S)c1=O. The molecule has 1 rings (SSSR count). The summed E-state index contributed by atoms with van der Waals surface area (Å²) in [7, 11) is 1.59. The lowest BCUT2D eigenvalue weighted by atomic mass is 10.3. The highest BCUT2D eigenvalue weighted by Crippen LogP contribution is 1.88. The molecule has 0 unspecified atom stereocenters. The van der Waals surface area contributed by atoms with Crippen molar-refractivity contribution in [1.82, 2.24) is 8.54 Å². The lowest BCUT2D eigenvalue weighted by molar-refractivity contribution is 0.760. The van der Waals surface area contributed by atoms with E-state index in [1.807, 2.05) is 6.92 Å². The normalized spacial score (nSPS) is 10.2. The van der Waals surface area contributed by atoms with Gasteiger partial charge < -0.3 is 4.57 Å². The van der Waals surface area contributed by atoms with Crippen LogP contribution in [0, 0.1) is 0 Å². The monoisotopic (exact) mass is 186 g/mol. The van der Waals surface area contributed by atoms with Crippen molar-refractivity contribution in [3.05, 3.63) is 32.6 Å². The Morgan fingerprint density at radius 3 is 2.58 bits per heavy atom. The molecule has 0 aliphatic rings. The summed E-state index contributed by atoms with van der Waals surface area (Å²) in [5, 5.41) is 0. The molecule has 1 heterocycles. The van der Waals surface area contributed by atoms with Gasteiger partial charge in [-0.1, -0.05) is 19.7 Å². The van der Waals surface area contributed by atoms with E-state index in [1.165, 1.54) is 10.8 Å². The van der Waals surface area contributed by atoms with Crippen LogP contribution in [-0.2, 0) is 13.5 Å². The molecule has 0 fully saturated rings. The quantitative estimate of drug-likeness (QED) is 0.617. The van der Waals surface area contributed by atoms with Gasteiger partial charge in [0.2, 0.25) is 0 Å². The highest BCUT2D eigenvalue weighted by atomic mass is 32.1. The highest BCUT2D eigenvalue weighted by molar-refractivity contribution is 7.78. The molecule has 0 bridgehead atoms. The fourth-order valence-corrected chi connectivity index (χ4v) is 1.23. The minimum atomic E-state index is -0.416. The second-order valence-electron chi connectivity index (χ2n) is 2.52. The molecule has 66 valence electrons. The summed E-state index contributed by atoms with van der Waals surface area (Å²) in [6.07, 6.45) is 2.14. The number of rotatable bonds is 1. The van der Waals surface area contributed by atoms with Gasteiger partial charge in [0.1, 0.15) is 0 Å². The second-order valence-corrected chi connectivity index (χ2v) is 2.92. The first kappa shape index (κ1) is 9.12. The van der Waals surface area contributed by atoms with Crippen molar-refractivity contribution < 1.29 is 0 Å². The average molecular weight is 186 g/mol. The molecular weight excluding hydrogens is 176 g/mol. The van der Waals surface area contributed by atoms with Crippen LogP contribution < -0.4 is 11.2 Å². The van der Waals surface area contributed by atoms with Gasteiger partial charge in [0.15, 0.2) is 0 Å². The Morgan fingerprint density at radius 2 is 2.08 bits per heavy atom.